The van der Waals surface area contributed by atoms with Crippen molar-refractivity contribution in [1.82, 2.24) is 10.2 Å². The van der Waals surface area contributed by atoms with Gasteiger partial charge in [-0.1, -0.05) is 59.6 Å². The van der Waals surface area contributed by atoms with Crippen molar-refractivity contribution in [1.29, 1.82) is 0 Å². The van der Waals surface area contributed by atoms with E-state index in [4.69, 9.17) is 32.7 Å². The number of nitrogens with one attached hydrogen (secondary N) is 1. The fourth-order valence-electron chi connectivity index (χ4n) is 3.89. The van der Waals surface area contributed by atoms with Crippen molar-refractivity contribution in [3.63, 3.8) is 0 Å². The quantitative estimate of drug-likeness (QED) is 0.325. The van der Waals surface area contributed by atoms with Gasteiger partial charge in [-0.15, -0.1) is 24.8 Å². The molecule has 0 radical (unpaired) electrons. The highest BCUT2D eigenvalue weighted by atomic mass is 35.5. The van der Waals surface area contributed by atoms with Crippen LogP contribution in [0, 0.1) is 0 Å². The van der Waals surface area contributed by atoms with Gasteiger partial charge in [0.05, 0.1) is 13.2 Å². The number of hydrogen-bond donors (Lipinski definition) is 1. The maximum absolute atomic E-state index is 6.32. The summed E-state index contributed by atoms with van der Waals surface area (Å²) in [5.41, 5.74) is 2.10. The first-order valence-corrected chi connectivity index (χ1v) is 11.5. The van der Waals surface area contributed by atoms with Gasteiger partial charge in [-0.3, -0.25) is 4.90 Å². The van der Waals surface area contributed by atoms with E-state index in [-0.39, 0.29) is 24.8 Å². The van der Waals surface area contributed by atoms with Gasteiger partial charge in [0.1, 0.15) is 12.4 Å². The molecule has 3 aromatic rings. The Bertz CT molecular complexity index is 1010. The number of halogens is 4. The molecular formula is C25H30Cl4N2O2. The van der Waals surface area contributed by atoms with E-state index in [9.17, 15) is 0 Å². The lowest BCUT2D eigenvalue weighted by atomic mass is 10.0. The fourth-order valence-corrected chi connectivity index (χ4v) is 4.36. The van der Waals surface area contributed by atoms with Crippen LogP contribution in [0.4, 0.5) is 0 Å². The van der Waals surface area contributed by atoms with Crippen LogP contribution in [0.15, 0.2) is 54.6 Å². The SMILES string of the molecule is Cl.Cl.Clc1ccc(COc2ccc3ccccc3c2CNCCCN2CCOCC2)c(Cl)c1. The summed E-state index contributed by atoms with van der Waals surface area (Å²) in [7, 11) is 0. The van der Waals surface area contributed by atoms with Crippen molar-refractivity contribution in [2.24, 2.45) is 0 Å². The maximum atomic E-state index is 6.32. The van der Waals surface area contributed by atoms with Crippen LogP contribution in [0.25, 0.3) is 10.8 Å². The standard InChI is InChI=1S/C25H28Cl2N2O2.2ClH/c26-21-8-6-20(24(27)16-21)18-31-25-9-7-19-4-1-2-5-22(19)23(25)17-28-10-3-11-29-12-14-30-15-13-29;;/h1-2,4-9,16,28H,3,10-15,17-18H2;2*1H. The van der Waals surface area contributed by atoms with Crippen LogP contribution in [0.3, 0.4) is 0 Å². The van der Waals surface area contributed by atoms with E-state index in [2.05, 4.69) is 46.6 Å². The smallest absolute Gasteiger partial charge is 0.124 e. The minimum Gasteiger partial charge on any atom is -0.488 e. The molecule has 33 heavy (non-hydrogen) atoms. The molecule has 1 saturated heterocycles. The number of morpholine rings is 1. The van der Waals surface area contributed by atoms with Crippen LogP contribution in [0.5, 0.6) is 5.75 Å². The van der Waals surface area contributed by atoms with Gasteiger partial charge >= 0.3 is 0 Å². The molecule has 0 spiro atoms. The Morgan fingerprint density at radius 1 is 0.970 bits per heavy atom. The minimum absolute atomic E-state index is 0. The molecule has 1 N–H and O–H groups in total. The van der Waals surface area contributed by atoms with Gasteiger partial charge in [0.2, 0.25) is 0 Å². The molecule has 180 valence electrons. The molecule has 0 aliphatic carbocycles. The zero-order chi connectivity index (χ0) is 21.5. The number of benzene rings is 3. The van der Waals surface area contributed by atoms with Crippen LogP contribution in [0.2, 0.25) is 10.0 Å². The molecule has 1 fully saturated rings. The predicted molar refractivity (Wildman–Crippen MR) is 143 cm³/mol. The van der Waals surface area contributed by atoms with E-state index < -0.39 is 0 Å². The molecule has 3 aromatic carbocycles. The van der Waals surface area contributed by atoms with Gasteiger partial charge in [-0.05, 0) is 48.5 Å². The van der Waals surface area contributed by atoms with Crippen molar-refractivity contribution in [3.05, 3.63) is 75.8 Å². The number of nitrogens with zero attached hydrogens (tertiary/aromatic N) is 1. The summed E-state index contributed by atoms with van der Waals surface area (Å²) in [6.07, 6.45) is 1.11. The average Bonchev–Trinajstić information content (AvgIpc) is 2.79. The normalized spacial score (nSPS) is 13.9. The van der Waals surface area contributed by atoms with Crippen LogP contribution >= 0.6 is 48.0 Å². The van der Waals surface area contributed by atoms with Gasteiger partial charge in [0.15, 0.2) is 0 Å². The summed E-state index contributed by atoms with van der Waals surface area (Å²) in [5, 5.41) is 7.28. The first-order chi connectivity index (χ1) is 15.2. The first kappa shape index (κ1) is 28.0. The van der Waals surface area contributed by atoms with Crippen molar-refractivity contribution >= 4 is 58.8 Å². The van der Waals surface area contributed by atoms with Crippen LogP contribution in [-0.2, 0) is 17.9 Å². The lowest BCUT2D eigenvalue weighted by Gasteiger charge is -2.26. The van der Waals surface area contributed by atoms with Crippen LogP contribution in [0.1, 0.15) is 17.5 Å². The highest BCUT2D eigenvalue weighted by Gasteiger charge is 2.12. The highest BCUT2D eigenvalue weighted by Crippen LogP contribution is 2.30. The molecule has 0 amide bonds. The summed E-state index contributed by atoms with van der Waals surface area (Å²) in [6.45, 7) is 6.99. The van der Waals surface area contributed by atoms with Gasteiger partial charge in [0.25, 0.3) is 0 Å². The third-order valence-electron chi connectivity index (χ3n) is 5.63. The molecule has 1 aliphatic heterocycles. The average molecular weight is 532 g/mol. The van der Waals surface area contributed by atoms with E-state index in [1.807, 2.05) is 12.1 Å². The second-order valence-corrected chi connectivity index (χ2v) is 8.62. The Labute approximate surface area is 218 Å². The largest absolute Gasteiger partial charge is 0.488 e. The Kier molecular flexibility index (Phi) is 12.1. The molecule has 8 heteroatoms. The molecule has 0 bridgehead atoms. The van der Waals surface area contributed by atoms with E-state index in [0.717, 1.165) is 63.7 Å². The molecular weight excluding hydrogens is 502 g/mol. The molecule has 1 heterocycles. The summed E-state index contributed by atoms with van der Waals surface area (Å²) in [6, 6.07) is 18.1. The fraction of sp³-hybridized carbons (Fsp3) is 0.360. The first-order valence-electron chi connectivity index (χ1n) is 10.8. The monoisotopic (exact) mass is 530 g/mol. The number of fused-ring (bicyclic) bond motifs is 1. The molecule has 4 nitrogen and oxygen atoms in total. The lowest BCUT2D eigenvalue weighted by molar-refractivity contribution is 0.0374. The van der Waals surface area contributed by atoms with Crippen molar-refractivity contribution in [3.8, 4) is 5.75 Å². The highest BCUT2D eigenvalue weighted by molar-refractivity contribution is 6.35. The Morgan fingerprint density at radius 3 is 2.55 bits per heavy atom. The van der Waals surface area contributed by atoms with Gasteiger partial charge in [-0.25, -0.2) is 0 Å². The Hall–Kier alpha value is -1.24. The van der Waals surface area contributed by atoms with Gasteiger partial charge in [0, 0.05) is 40.8 Å². The third kappa shape index (κ3) is 7.90. The van der Waals surface area contributed by atoms with E-state index >= 15 is 0 Å². The zero-order valence-electron chi connectivity index (χ0n) is 18.4. The van der Waals surface area contributed by atoms with Gasteiger partial charge in [-0.2, -0.15) is 0 Å². The topological polar surface area (TPSA) is 33.7 Å². The number of ether oxygens (including phenoxy) is 2. The number of hydrogen-bond acceptors (Lipinski definition) is 4. The molecule has 0 saturated carbocycles. The van der Waals surface area contributed by atoms with Gasteiger partial charge < -0.3 is 14.8 Å². The minimum atomic E-state index is 0. The second kappa shape index (κ2) is 14.2. The van der Waals surface area contributed by atoms with Crippen molar-refractivity contribution < 1.29 is 9.47 Å². The lowest BCUT2D eigenvalue weighted by Crippen LogP contribution is -2.37. The maximum Gasteiger partial charge on any atom is 0.124 e. The summed E-state index contributed by atoms with van der Waals surface area (Å²) in [4.78, 5) is 2.47. The molecule has 0 aromatic heterocycles. The summed E-state index contributed by atoms with van der Waals surface area (Å²) in [5.74, 6) is 0.880. The van der Waals surface area contributed by atoms with Crippen LogP contribution < -0.4 is 10.1 Å². The predicted octanol–water partition coefficient (Wildman–Crippen LogP) is 6.38. The molecule has 1 aliphatic rings. The molecule has 4 rings (SSSR count). The van der Waals surface area contributed by atoms with E-state index in [1.165, 1.54) is 16.3 Å². The number of rotatable bonds is 9. The Balaban J connectivity index is 0.00000193. The van der Waals surface area contributed by atoms with Crippen molar-refractivity contribution in [2.75, 3.05) is 39.4 Å². The molecule has 0 atom stereocenters. The summed E-state index contributed by atoms with van der Waals surface area (Å²) >= 11 is 12.3. The van der Waals surface area contributed by atoms with E-state index in [1.54, 1.807) is 6.07 Å². The Morgan fingerprint density at radius 2 is 1.76 bits per heavy atom. The molecule has 0 unspecified atom stereocenters. The van der Waals surface area contributed by atoms with Crippen molar-refractivity contribution in [2.45, 2.75) is 19.6 Å². The summed E-state index contributed by atoms with van der Waals surface area (Å²) < 4.78 is 11.6. The zero-order valence-corrected chi connectivity index (χ0v) is 21.5. The second-order valence-electron chi connectivity index (χ2n) is 7.77. The van der Waals surface area contributed by atoms with Crippen LogP contribution in [-0.4, -0.2) is 44.3 Å². The third-order valence-corrected chi connectivity index (χ3v) is 6.22. The van der Waals surface area contributed by atoms with E-state index in [0.29, 0.717) is 16.7 Å².